The van der Waals surface area contributed by atoms with E-state index in [9.17, 15) is 5.26 Å². The number of nitriles is 1. The predicted molar refractivity (Wildman–Crippen MR) is 232 cm³/mol. The number of hydrogen-bond acceptors (Lipinski definition) is 2. The molecule has 0 atom stereocenters. The third kappa shape index (κ3) is 5.15. The van der Waals surface area contributed by atoms with E-state index >= 15 is 0 Å². The van der Waals surface area contributed by atoms with Gasteiger partial charge in [0.05, 0.1) is 44.9 Å². The van der Waals surface area contributed by atoms with Crippen molar-refractivity contribution in [2.75, 3.05) is 0 Å². The van der Waals surface area contributed by atoms with Crippen LogP contribution in [-0.2, 0) is 0 Å². The standard InChI is InChI=1S/C50H34N4S/c1-3-13-45-39(4-2)43-30-44-42-29-28-41-40-18-11-12-19-46(40)53(35-16-9-6-10-17-35)49(41)50(42)54(48(44)31-47(43)52(45)34-14-7-5-8-15-34)36-22-26-38(27-23-36)55-37-24-20-33(32-51)21-25-37/h3-31H,2H2,1H3/b13-3-. The topological polar surface area (TPSA) is 38.6 Å². The number of hydrogen-bond donors (Lipinski definition) is 0. The van der Waals surface area contributed by atoms with Crippen molar-refractivity contribution in [2.24, 2.45) is 0 Å². The van der Waals surface area contributed by atoms with Gasteiger partial charge in [0.15, 0.2) is 0 Å². The molecule has 3 heterocycles. The number of benzene rings is 7. The Morgan fingerprint density at radius 2 is 1.07 bits per heavy atom. The minimum Gasteiger partial charge on any atom is -0.309 e. The molecule has 260 valence electrons. The molecule has 0 aliphatic rings. The lowest BCUT2D eigenvalue weighted by Crippen LogP contribution is -1.99. The molecule has 0 fully saturated rings. The largest absolute Gasteiger partial charge is 0.309 e. The van der Waals surface area contributed by atoms with Crippen molar-refractivity contribution in [1.82, 2.24) is 13.7 Å². The molecule has 0 aliphatic heterocycles. The highest BCUT2D eigenvalue weighted by molar-refractivity contribution is 7.99. The van der Waals surface area contributed by atoms with Crippen LogP contribution in [0.25, 0.3) is 83.7 Å². The van der Waals surface area contributed by atoms with Gasteiger partial charge >= 0.3 is 0 Å². The van der Waals surface area contributed by atoms with Crippen LogP contribution in [0.4, 0.5) is 0 Å². The van der Waals surface area contributed by atoms with Crippen molar-refractivity contribution >= 4 is 78.4 Å². The molecule has 0 saturated heterocycles. The molecule has 0 aliphatic carbocycles. The van der Waals surface area contributed by atoms with Crippen molar-refractivity contribution in [3.8, 4) is 23.1 Å². The van der Waals surface area contributed by atoms with E-state index in [0.29, 0.717) is 5.56 Å². The monoisotopic (exact) mass is 722 g/mol. The number of aromatic nitrogens is 3. The fourth-order valence-electron chi connectivity index (χ4n) is 8.27. The first-order chi connectivity index (χ1) is 27.2. The number of allylic oxidation sites excluding steroid dienone is 1. The molecule has 0 amide bonds. The third-order valence-electron chi connectivity index (χ3n) is 10.6. The zero-order chi connectivity index (χ0) is 37.0. The van der Waals surface area contributed by atoms with Crippen LogP contribution in [-0.4, -0.2) is 13.7 Å². The van der Waals surface area contributed by atoms with Crippen molar-refractivity contribution in [3.63, 3.8) is 0 Å². The molecule has 0 radical (unpaired) electrons. The van der Waals surface area contributed by atoms with Crippen LogP contribution in [0, 0.1) is 11.3 Å². The van der Waals surface area contributed by atoms with E-state index in [0.717, 1.165) is 60.0 Å². The zero-order valence-electron chi connectivity index (χ0n) is 30.1. The highest BCUT2D eigenvalue weighted by atomic mass is 32.2. The van der Waals surface area contributed by atoms with Crippen LogP contribution in [0.1, 0.15) is 23.7 Å². The molecule has 10 rings (SSSR count). The van der Waals surface area contributed by atoms with Crippen molar-refractivity contribution in [3.05, 3.63) is 187 Å². The maximum Gasteiger partial charge on any atom is 0.0991 e. The zero-order valence-corrected chi connectivity index (χ0v) is 31.0. The Morgan fingerprint density at radius 3 is 1.71 bits per heavy atom. The van der Waals surface area contributed by atoms with E-state index in [1.807, 2.05) is 30.3 Å². The molecule has 0 saturated carbocycles. The Morgan fingerprint density at radius 1 is 0.527 bits per heavy atom. The van der Waals surface area contributed by atoms with Gasteiger partial charge in [-0.2, -0.15) is 5.26 Å². The normalized spacial score (nSPS) is 11.8. The second-order valence-corrected chi connectivity index (χ2v) is 14.8. The summed E-state index contributed by atoms with van der Waals surface area (Å²) in [6.07, 6.45) is 6.29. The summed E-state index contributed by atoms with van der Waals surface area (Å²) >= 11 is 1.70. The van der Waals surface area contributed by atoms with E-state index in [2.05, 4.69) is 179 Å². The first-order valence-electron chi connectivity index (χ1n) is 18.4. The van der Waals surface area contributed by atoms with Gasteiger partial charge in [-0.15, -0.1) is 0 Å². The van der Waals surface area contributed by atoms with Crippen LogP contribution < -0.4 is 0 Å². The van der Waals surface area contributed by atoms with Crippen LogP contribution in [0.3, 0.4) is 0 Å². The molecular formula is C50H34N4S. The molecule has 7 aromatic carbocycles. The highest BCUT2D eigenvalue weighted by Crippen LogP contribution is 2.44. The van der Waals surface area contributed by atoms with Gasteiger partial charge in [0.1, 0.15) is 0 Å². The number of fused-ring (bicyclic) bond motifs is 8. The average molecular weight is 723 g/mol. The Balaban J connectivity index is 1.33. The lowest BCUT2D eigenvalue weighted by molar-refractivity contribution is 1.10. The molecule has 55 heavy (non-hydrogen) atoms. The smallest absolute Gasteiger partial charge is 0.0991 e. The van der Waals surface area contributed by atoms with Gasteiger partial charge in [0, 0.05) is 59.3 Å². The van der Waals surface area contributed by atoms with Gasteiger partial charge in [0.2, 0.25) is 0 Å². The average Bonchev–Trinajstić information content (AvgIpc) is 3.86. The lowest BCUT2D eigenvalue weighted by atomic mass is 10.1. The molecule has 10 aromatic rings. The molecular weight excluding hydrogens is 689 g/mol. The van der Waals surface area contributed by atoms with Crippen LogP contribution in [0.5, 0.6) is 0 Å². The van der Waals surface area contributed by atoms with Crippen LogP contribution in [0.2, 0.25) is 0 Å². The summed E-state index contributed by atoms with van der Waals surface area (Å²) in [4.78, 5) is 2.22. The van der Waals surface area contributed by atoms with Crippen molar-refractivity contribution in [1.29, 1.82) is 5.26 Å². The van der Waals surface area contributed by atoms with Gasteiger partial charge in [-0.25, -0.2) is 0 Å². The molecule has 0 bridgehead atoms. The van der Waals surface area contributed by atoms with E-state index in [1.54, 1.807) is 11.8 Å². The second kappa shape index (κ2) is 13.1. The number of rotatable bonds is 7. The van der Waals surface area contributed by atoms with Gasteiger partial charge in [0.25, 0.3) is 0 Å². The summed E-state index contributed by atoms with van der Waals surface area (Å²) in [5.41, 5.74) is 12.0. The quantitative estimate of drug-likeness (QED) is 0.164. The number of para-hydroxylation sites is 3. The number of nitrogens with zero attached hydrogens (tertiary/aromatic N) is 4. The lowest BCUT2D eigenvalue weighted by Gasteiger charge is -2.13. The maximum absolute atomic E-state index is 9.29. The molecule has 3 aromatic heterocycles. The summed E-state index contributed by atoms with van der Waals surface area (Å²) < 4.78 is 7.26. The summed E-state index contributed by atoms with van der Waals surface area (Å²) in [5.74, 6) is 0. The van der Waals surface area contributed by atoms with Gasteiger partial charge < -0.3 is 13.7 Å². The minimum absolute atomic E-state index is 0.663. The third-order valence-corrected chi connectivity index (χ3v) is 11.6. The van der Waals surface area contributed by atoms with Crippen molar-refractivity contribution in [2.45, 2.75) is 16.7 Å². The molecule has 0 spiro atoms. The summed E-state index contributed by atoms with van der Waals surface area (Å²) in [6.45, 7) is 6.38. The van der Waals surface area contributed by atoms with Crippen LogP contribution in [0.15, 0.2) is 180 Å². The summed E-state index contributed by atoms with van der Waals surface area (Å²) in [7, 11) is 0. The first kappa shape index (κ1) is 32.6. The molecule has 4 nitrogen and oxygen atoms in total. The summed E-state index contributed by atoms with van der Waals surface area (Å²) in [6, 6.07) is 58.3. The SMILES string of the molecule is C=Cc1c(/C=C\C)n(-c2ccccc2)c2cc3c(cc12)c1ccc2c4ccccc4n(-c4ccccc4)c2c1n3-c1ccc(Sc2ccc(C#N)cc2)cc1. The van der Waals surface area contributed by atoms with E-state index < -0.39 is 0 Å². The molecule has 0 N–H and O–H groups in total. The fraction of sp³-hybridized carbons (Fsp3) is 0.0200. The maximum atomic E-state index is 9.29. The van der Waals surface area contributed by atoms with Gasteiger partial charge in [-0.05, 0) is 104 Å². The summed E-state index contributed by atoms with van der Waals surface area (Å²) in [5, 5.41) is 15.3. The molecule has 0 unspecified atom stereocenters. The Labute approximate surface area is 323 Å². The van der Waals surface area contributed by atoms with E-state index in [-0.39, 0.29) is 0 Å². The van der Waals surface area contributed by atoms with Gasteiger partial charge in [-0.1, -0.05) is 97.2 Å². The van der Waals surface area contributed by atoms with Crippen LogP contribution >= 0.6 is 11.8 Å². The van der Waals surface area contributed by atoms with E-state index in [1.165, 1.54) is 32.6 Å². The fourth-order valence-corrected chi connectivity index (χ4v) is 9.09. The first-order valence-corrected chi connectivity index (χ1v) is 19.2. The minimum atomic E-state index is 0.663. The highest BCUT2D eigenvalue weighted by Gasteiger charge is 2.24. The Bertz CT molecular complexity index is 3170. The van der Waals surface area contributed by atoms with Gasteiger partial charge in [-0.3, -0.25) is 0 Å². The Hall–Kier alpha value is -7.00. The predicted octanol–water partition coefficient (Wildman–Crippen LogP) is 13.5. The van der Waals surface area contributed by atoms with Crippen molar-refractivity contribution < 1.29 is 0 Å². The van der Waals surface area contributed by atoms with E-state index in [4.69, 9.17) is 0 Å². The molecule has 5 heteroatoms. The Kier molecular flexibility index (Phi) is 7.80. The second-order valence-electron chi connectivity index (χ2n) is 13.7.